The van der Waals surface area contributed by atoms with Crippen LogP contribution in [0.5, 0.6) is 5.75 Å². The minimum atomic E-state index is -2.94. The van der Waals surface area contributed by atoms with Crippen molar-refractivity contribution in [2.45, 2.75) is 6.61 Å². The monoisotopic (exact) mass is 374 g/mol. The minimum absolute atomic E-state index is 0.0413. The van der Waals surface area contributed by atoms with Gasteiger partial charge < -0.3 is 13.9 Å². The molecule has 1 heterocycles. The quantitative estimate of drug-likeness (QED) is 0.569. The Balaban J connectivity index is 1.90. The van der Waals surface area contributed by atoms with Crippen LogP contribution < -0.4 is 4.74 Å². The SMILES string of the molecule is O=C(COC(=O)c1ccc(Br)o1)c1ccc(OC(F)F)cc1. The topological polar surface area (TPSA) is 65.7 Å². The highest BCUT2D eigenvalue weighted by Crippen LogP contribution is 2.16. The first-order chi connectivity index (χ1) is 10.5. The lowest BCUT2D eigenvalue weighted by Crippen LogP contribution is -2.14. The van der Waals surface area contributed by atoms with Crippen LogP contribution in [0.4, 0.5) is 8.78 Å². The molecule has 0 aliphatic rings. The molecule has 0 bridgehead atoms. The summed E-state index contributed by atoms with van der Waals surface area (Å²) in [5.41, 5.74) is 0.204. The summed E-state index contributed by atoms with van der Waals surface area (Å²) in [5, 5.41) is 0. The molecule has 5 nitrogen and oxygen atoms in total. The van der Waals surface area contributed by atoms with Gasteiger partial charge in [-0.15, -0.1) is 0 Å². The molecule has 0 aliphatic carbocycles. The molecule has 0 radical (unpaired) electrons. The number of ether oxygens (including phenoxy) is 2. The molecule has 2 aromatic rings. The predicted octanol–water partition coefficient (Wildman–Crippen LogP) is 3.68. The van der Waals surface area contributed by atoms with Gasteiger partial charge in [-0.1, -0.05) is 0 Å². The molecule has 0 saturated carbocycles. The predicted molar refractivity (Wildman–Crippen MR) is 74.1 cm³/mol. The largest absolute Gasteiger partial charge is 0.451 e. The zero-order valence-electron chi connectivity index (χ0n) is 10.9. The third-order valence-corrected chi connectivity index (χ3v) is 2.94. The normalized spacial score (nSPS) is 10.5. The summed E-state index contributed by atoms with van der Waals surface area (Å²) in [5.74, 6) is -1.37. The number of ketones is 1. The summed E-state index contributed by atoms with van der Waals surface area (Å²) in [6.45, 7) is -3.43. The van der Waals surface area contributed by atoms with Crippen LogP contribution in [0.3, 0.4) is 0 Å². The van der Waals surface area contributed by atoms with Gasteiger partial charge in [0.1, 0.15) is 5.75 Å². The van der Waals surface area contributed by atoms with Crippen LogP contribution in [-0.4, -0.2) is 25.0 Å². The zero-order chi connectivity index (χ0) is 16.1. The Kier molecular flexibility index (Phi) is 5.26. The summed E-state index contributed by atoms with van der Waals surface area (Å²) >= 11 is 3.03. The van der Waals surface area contributed by atoms with Crippen molar-refractivity contribution in [1.82, 2.24) is 0 Å². The third kappa shape index (κ3) is 4.39. The standard InChI is InChI=1S/C14H9BrF2O5/c15-12-6-5-11(22-12)13(19)20-7-10(18)8-1-3-9(4-2-8)21-14(16)17/h1-6,14H,7H2. The van der Waals surface area contributed by atoms with Crippen molar-refractivity contribution < 1.29 is 32.3 Å². The van der Waals surface area contributed by atoms with Crippen molar-refractivity contribution in [3.05, 3.63) is 52.4 Å². The highest BCUT2D eigenvalue weighted by molar-refractivity contribution is 9.10. The molecule has 22 heavy (non-hydrogen) atoms. The number of halogens is 3. The van der Waals surface area contributed by atoms with Crippen LogP contribution in [-0.2, 0) is 4.74 Å². The Labute approximate surface area is 131 Å². The van der Waals surface area contributed by atoms with E-state index in [1.165, 1.54) is 36.4 Å². The molecule has 0 fully saturated rings. The summed E-state index contributed by atoms with van der Waals surface area (Å²) < 4.78 is 38.3. The van der Waals surface area contributed by atoms with E-state index in [4.69, 9.17) is 9.15 Å². The van der Waals surface area contributed by atoms with Crippen molar-refractivity contribution in [1.29, 1.82) is 0 Å². The first-order valence-corrected chi connectivity index (χ1v) is 6.75. The van der Waals surface area contributed by atoms with E-state index in [1.54, 1.807) is 0 Å². The van der Waals surface area contributed by atoms with Gasteiger partial charge in [0.15, 0.2) is 17.1 Å². The number of furan rings is 1. The highest BCUT2D eigenvalue weighted by Gasteiger charge is 2.15. The van der Waals surface area contributed by atoms with Gasteiger partial charge in [0.05, 0.1) is 0 Å². The van der Waals surface area contributed by atoms with Crippen molar-refractivity contribution in [2.24, 2.45) is 0 Å². The van der Waals surface area contributed by atoms with Gasteiger partial charge in [0, 0.05) is 5.56 Å². The average Bonchev–Trinajstić information content (AvgIpc) is 2.91. The van der Waals surface area contributed by atoms with Gasteiger partial charge in [-0.2, -0.15) is 8.78 Å². The summed E-state index contributed by atoms with van der Waals surface area (Å²) in [7, 11) is 0. The lowest BCUT2D eigenvalue weighted by atomic mass is 10.1. The number of carbonyl (C=O) groups is 2. The van der Waals surface area contributed by atoms with Crippen LogP contribution in [0.25, 0.3) is 0 Å². The van der Waals surface area contributed by atoms with Crippen LogP contribution in [0.2, 0.25) is 0 Å². The maximum Gasteiger partial charge on any atom is 0.387 e. The lowest BCUT2D eigenvalue weighted by Gasteiger charge is -2.05. The van der Waals surface area contributed by atoms with E-state index in [-0.39, 0.29) is 17.1 Å². The zero-order valence-corrected chi connectivity index (χ0v) is 12.5. The fourth-order valence-electron chi connectivity index (χ4n) is 1.53. The van der Waals surface area contributed by atoms with E-state index in [1.807, 2.05) is 0 Å². The number of carbonyl (C=O) groups excluding carboxylic acids is 2. The number of hydrogen-bond acceptors (Lipinski definition) is 5. The molecule has 0 N–H and O–H groups in total. The molecule has 2 rings (SSSR count). The molecule has 0 unspecified atom stereocenters. The van der Waals surface area contributed by atoms with E-state index in [9.17, 15) is 18.4 Å². The Morgan fingerprint density at radius 1 is 1.14 bits per heavy atom. The average molecular weight is 375 g/mol. The van der Waals surface area contributed by atoms with Gasteiger partial charge in [0.2, 0.25) is 5.76 Å². The van der Waals surface area contributed by atoms with Gasteiger partial charge in [-0.25, -0.2) is 4.79 Å². The number of alkyl halides is 2. The van der Waals surface area contributed by atoms with E-state index in [0.717, 1.165) is 0 Å². The highest BCUT2D eigenvalue weighted by atomic mass is 79.9. The molecule has 8 heteroatoms. The van der Waals surface area contributed by atoms with Crippen LogP contribution in [0.15, 0.2) is 45.5 Å². The fraction of sp³-hybridized carbons (Fsp3) is 0.143. The molecule has 0 aliphatic heterocycles. The third-order valence-electron chi connectivity index (χ3n) is 2.51. The fourth-order valence-corrected chi connectivity index (χ4v) is 1.84. The van der Waals surface area contributed by atoms with Crippen LogP contribution >= 0.6 is 15.9 Å². The molecule has 0 spiro atoms. The second kappa shape index (κ2) is 7.17. The van der Waals surface area contributed by atoms with Gasteiger partial charge in [-0.3, -0.25) is 4.79 Å². The Hall–Kier alpha value is -2.22. The van der Waals surface area contributed by atoms with Gasteiger partial charge in [-0.05, 0) is 52.3 Å². The molecule has 0 amide bonds. The smallest absolute Gasteiger partial charge is 0.387 e. The van der Waals surface area contributed by atoms with E-state index in [0.29, 0.717) is 4.67 Å². The number of Topliss-reactive ketones (excluding diaryl/α,β-unsaturated/α-hetero) is 1. The van der Waals surface area contributed by atoms with Crippen molar-refractivity contribution in [2.75, 3.05) is 6.61 Å². The van der Waals surface area contributed by atoms with Crippen molar-refractivity contribution >= 4 is 27.7 Å². The number of benzene rings is 1. The minimum Gasteiger partial charge on any atom is -0.451 e. The lowest BCUT2D eigenvalue weighted by molar-refractivity contribution is -0.0498. The van der Waals surface area contributed by atoms with Crippen molar-refractivity contribution in [3.63, 3.8) is 0 Å². The summed E-state index contributed by atoms with van der Waals surface area (Å²) in [6, 6.07) is 7.97. The van der Waals surface area contributed by atoms with Crippen molar-refractivity contribution in [3.8, 4) is 5.75 Å². The van der Waals surface area contributed by atoms with E-state index < -0.39 is 25.0 Å². The van der Waals surface area contributed by atoms with E-state index in [2.05, 4.69) is 20.7 Å². The summed E-state index contributed by atoms with van der Waals surface area (Å²) in [6.07, 6.45) is 0. The molecule has 0 saturated heterocycles. The molecule has 1 aromatic carbocycles. The molecule has 1 aromatic heterocycles. The Morgan fingerprint density at radius 2 is 1.82 bits per heavy atom. The molecular formula is C14H9BrF2O5. The van der Waals surface area contributed by atoms with E-state index >= 15 is 0 Å². The van der Waals surface area contributed by atoms with Crippen LogP contribution in [0, 0.1) is 0 Å². The maximum atomic E-state index is 12.0. The number of esters is 1. The Morgan fingerprint density at radius 3 is 2.36 bits per heavy atom. The van der Waals surface area contributed by atoms with Gasteiger partial charge in [0.25, 0.3) is 0 Å². The van der Waals surface area contributed by atoms with Gasteiger partial charge >= 0.3 is 12.6 Å². The maximum absolute atomic E-state index is 12.0. The molecule has 0 atom stereocenters. The number of rotatable bonds is 6. The second-order valence-corrected chi connectivity index (χ2v) is 4.79. The first-order valence-electron chi connectivity index (χ1n) is 5.96. The Bertz CT molecular complexity index is 666. The number of hydrogen-bond donors (Lipinski definition) is 0. The summed E-state index contributed by atoms with van der Waals surface area (Å²) in [4.78, 5) is 23.4. The molecule has 116 valence electrons. The van der Waals surface area contributed by atoms with Crippen LogP contribution in [0.1, 0.15) is 20.9 Å². The second-order valence-electron chi connectivity index (χ2n) is 4.01. The first kappa shape index (κ1) is 16.2. The molecular weight excluding hydrogens is 366 g/mol.